The van der Waals surface area contributed by atoms with E-state index in [1.54, 1.807) is 0 Å². The van der Waals surface area contributed by atoms with Crippen LogP contribution in [0.2, 0.25) is 0 Å². The van der Waals surface area contributed by atoms with Crippen LogP contribution < -0.4 is 10.2 Å². The number of aromatic amines is 1. The second-order valence-corrected chi connectivity index (χ2v) is 3.41. The predicted molar refractivity (Wildman–Crippen MR) is 54.2 cm³/mol. The number of pyridine rings is 1. The first-order chi connectivity index (χ1) is 8.24. The van der Waals surface area contributed by atoms with Crippen LogP contribution in [0.5, 0.6) is 5.88 Å². The summed E-state index contributed by atoms with van der Waals surface area (Å²) in [7, 11) is 1.07. The Hall–Kier alpha value is -1.99. The predicted octanol–water partition coefficient (Wildman–Crippen LogP) is 1.30. The van der Waals surface area contributed by atoms with Crippen LogP contribution in [0.4, 0.5) is 13.2 Å². The lowest BCUT2D eigenvalue weighted by Gasteiger charge is -2.12. The lowest BCUT2D eigenvalue weighted by atomic mass is 10.1. The average Bonchev–Trinajstić information content (AvgIpc) is 2.26. The lowest BCUT2D eigenvalue weighted by molar-refractivity contribution is -0.276. The molecule has 0 aliphatic carbocycles. The summed E-state index contributed by atoms with van der Waals surface area (Å²) >= 11 is 0. The summed E-state index contributed by atoms with van der Waals surface area (Å²) in [6.45, 7) is 1.40. The van der Waals surface area contributed by atoms with Gasteiger partial charge in [0.2, 0.25) is 5.88 Å². The monoisotopic (exact) mass is 265 g/mol. The minimum Gasteiger partial charge on any atom is -0.469 e. The van der Waals surface area contributed by atoms with Gasteiger partial charge in [-0.3, -0.25) is 9.59 Å². The number of halogens is 3. The molecular formula is C10H10F3NO4. The number of H-pyrrole nitrogens is 1. The van der Waals surface area contributed by atoms with Crippen molar-refractivity contribution in [3.8, 4) is 5.88 Å². The summed E-state index contributed by atoms with van der Waals surface area (Å²) in [5.41, 5.74) is -0.944. The molecule has 5 nitrogen and oxygen atoms in total. The summed E-state index contributed by atoms with van der Waals surface area (Å²) in [6, 6.07) is 0. The second-order valence-electron chi connectivity index (χ2n) is 3.41. The molecule has 1 aromatic heterocycles. The Morgan fingerprint density at radius 2 is 2.06 bits per heavy atom. The second kappa shape index (κ2) is 5.11. The number of ether oxygens (including phenoxy) is 2. The highest BCUT2D eigenvalue weighted by Crippen LogP contribution is 2.23. The molecule has 0 aromatic carbocycles. The molecule has 0 aliphatic heterocycles. The Morgan fingerprint density at radius 3 is 2.56 bits per heavy atom. The van der Waals surface area contributed by atoms with Crippen LogP contribution in [0.15, 0.2) is 11.0 Å². The van der Waals surface area contributed by atoms with Gasteiger partial charge in [0, 0.05) is 11.8 Å². The third kappa shape index (κ3) is 3.51. The fraction of sp³-hybridized carbons (Fsp3) is 0.400. The zero-order valence-electron chi connectivity index (χ0n) is 9.55. The molecule has 0 fully saturated rings. The fourth-order valence-electron chi connectivity index (χ4n) is 1.25. The van der Waals surface area contributed by atoms with Crippen LogP contribution in [0, 0.1) is 6.92 Å². The average molecular weight is 265 g/mol. The van der Waals surface area contributed by atoms with E-state index in [0.717, 1.165) is 13.3 Å². The van der Waals surface area contributed by atoms with Crippen molar-refractivity contribution >= 4 is 5.97 Å². The smallest absolute Gasteiger partial charge is 0.469 e. The summed E-state index contributed by atoms with van der Waals surface area (Å²) in [5.74, 6) is -1.64. The summed E-state index contributed by atoms with van der Waals surface area (Å²) in [5, 5.41) is 0. The van der Waals surface area contributed by atoms with Crippen molar-refractivity contribution < 1.29 is 27.4 Å². The molecule has 1 heterocycles. The summed E-state index contributed by atoms with van der Waals surface area (Å²) < 4.78 is 44.3. The number of aryl methyl sites for hydroxylation is 1. The van der Waals surface area contributed by atoms with Crippen LogP contribution in [-0.4, -0.2) is 24.4 Å². The van der Waals surface area contributed by atoms with Crippen molar-refractivity contribution in [2.75, 3.05) is 7.11 Å². The largest absolute Gasteiger partial charge is 0.574 e. The molecule has 0 bridgehead atoms. The zero-order valence-corrected chi connectivity index (χ0v) is 9.55. The first kappa shape index (κ1) is 14.1. The Morgan fingerprint density at radius 1 is 1.44 bits per heavy atom. The number of hydrogen-bond donors (Lipinski definition) is 1. The molecule has 0 amide bonds. The molecule has 0 unspecified atom stereocenters. The first-order valence-electron chi connectivity index (χ1n) is 4.78. The number of alkyl halides is 3. The van der Waals surface area contributed by atoms with Crippen molar-refractivity contribution in [1.82, 2.24) is 4.98 Å². The molecule has 0 saturated heterocycles. The molecule has 0 spiro atoms. The van der Waals surface area contributed by atoms with Gasteiger partial charge in [0.1, 0.15) is 0 Å². The molecule has 0 atom stereocenters. The van der Waals surface area contributed by atoms with Crippen molar-refractivity contribution in [2.24, 2.45) is 0 Å². The van der Waals surface area contributed by atoms with E-state index >= 15 is 0 Å². The van der Waals surface area contributed by atoms with Crippen molar-refractivity contribution in [3.63, 3.8) is 0 Å². The highest BCUT2D eigenvalue weighted by atomic mass is 19.4. The van der Waals surface area contributed by atoms with E-state index in [0.29, 0.717) is 0 Å². The van der Waals surface area contributed by atoms with Gasteiger partial charge in [-0.15, -0.1) is 13.2 Å². The van der Waals surface area contributed by atoms with E-state index < -0.39 is 35.6 Å². The Labute approximate surface area is 99.5 Å². The van der Waals surface area contributed by atoms with Crippen LogP contribution >= 0.6 is 0 Å². The van der Waals surface area contributed by atoms with Gasteiger partial charge in [-0.1, -0.05) is 0 Å². The first-order valence-corrected chi connectivity index (χ1v) is 4.78. The maximum atomic E-state index is 12.1. The summed E-state index contributed by atoms with van der Waals surface area (Å²) in [4.78, 5) is 24.9. The Kier molecular flexibility index (Phi) is 4.00. The number of nitrogens with one attached hydrogen (secondary N) is 1. The number of esters is 1. The number of carbonyl (C=O) groups excluding carboxylic acids is 1. The summed E-state index contributed by atoms with van der Waals surface area (Å²) in [6.07, 6.45) is -4.48. The normalized spacial score (nSPS) is 11.2. The molecule has 18 heavy (non-hydrogen) atoms. The molecule has 1 N–H and O–H groups in total. The van der Waals surface area contributed by atoms with E-state index in [1.165, 1.54) is 6.92 Å². The maximum Gasteiger partial charge on any atom is 0.574 e. The van der Waals surface area contributed by atoms with Gasteiger partial charge in [0.25, 0.3) is 0 Å². The fourth-order valence-corrected chi connectivity index (χ4v) is 1.25. The third-order valence-electron chi connectivity index (χ3n) is 2.09. The quantitative estimate of drug-likeness (QED) is 0.836. The standard InChI is InChI=1S/C10H10F3NO4/c1-5-4-14-9(18-10(11,12)13)6(8(5)16)3-7(15)17-2/h4H,3H2,1-2H3,(H,14,16). The Bertz CT molecular complexity index is 507. The SMILES string of the molecule is COC(=O)Cc1c(OC(F)(F)F)[nH]cc(C)c1=O. The maximum absolute atomic E-state index is 12.1. The van der Waals surface area contributed by atoms with Crippen molar-refractivity contribution in [2.45, 2.75) is 19.7 Å². The molecule has 0 saturated carbocycles. The van der Waals surface area contributed by atoms with E-state index in [-0.39, 0.29) is 5.56 Å². The Balaban J connectivity index is 3.21. The molecular weight excluding hydrogens is 255 g/mol. The van der Waals surface area contributed by atoms with Gasteiger partial charge >= 0.3 is 12.3 Å². The van der Waals surface area contributed by atoms with E-state index in [2.05, 4.69) is 14.5 Å². The number of aromatic nitrogens is 1. The van der Waals surface area contributed by atoms with Crippen molar-refractivity contribution in [1.29, 1.82) is 0 Å². The van der Waals surface area contributed by atoms with Crippen LogP contribution in [-0.2, 0) is 16.0 Å². The number of hydrogen-bond acceptors (Lipinski definition) is 4. The van der Waals surface area contributed by atoms with Crippen LogP contribution in [0.25, 0.3) is 0 Å². The molecule has 0 radical (unpaired) electrons. The van der Waals surface area contributed by atoms with E-state index in [4.69, 9.17) is 0 Å². The van der Waals surface area contributed by atoms with Crippen LogP contribution in [0.1, 0.15) is 11.1 Å². The van der Waals surface area contributed by atoms with Gasteiger partial charge in [-0.2, -0.15) is 0 Å². The molecule has 100 valence electrons. The third-order valence-corrected chi connectivity index (χ3v) is 2.09. The molecule has 1 aromatic rings. The molecule has 0 aliphatic rings. The number of rotatable bonds is 3. The zero-order chi connectivity index (χ0) is 13.9. The number of carbonyl (C=O) groups is 1. The lowest BCUT2D eigenvalue weighted by Crippen LogP contribution is -2.24. The highest BCUT2D eigenvalue weighted by Gasteiger charge is 2.33. The topological polar surface area (TPSA) is 68.4 Å². The van der Waals surface area contributed by atoms with E-state index in [1.807, 2.05) is 0 Å². The van der Waals surface area contributed by atoms with Gasteiger partial charge in [0.05, 0.1) is 19.1 Å². The van der Waals surface area contributed by atoms with Crippen LogP contribution in [0.3, 0.4) is 0 Å². The van der Waals surface area contributed by atoms with Gasteiger partial charge in [-0.25, -0.2) is 0 Å². The van der Waals surface area contributed by atoms with Crippen molar-refractivity contribution in [3.05, 3.63) is 27.5 Å². The highest BCUT2D eigenvalue weighted by molar-refractivity contribution is 5.73. The minimum absolute atomic E-state index is 0.170. The van der Waals surface area contributed by atoms with Gasteiger partial charge in [-0.05, 0) is 6.92 Å². The minimum atomic E-state index is -4.96. The molecule has 8 heteroatoms. The number of methoxy groups -OCH3 is 1. The van der Waals surface area contributed by atoms with Gasteiger partial charge < -0.3 is 14.5 Å². The van der Waals surface area contributed by atoms with Gasteiger partial charge in [0.15, 0.2) is 5.43 Å². The van der Waals surface area contributed by atoms with E-state index in [9.17, 15) is 22.8 Å². The molecule has 1 rings (SSSR count).